The number of benzene rings is 1. The molecule has 3 unspecified atom stereocenters. The predicted molar refractivity (Wildman–Crippen MR) is 110 cm³/mol. The highest BCUT2D eigenvalue weighted by atomic mass is 35.5. The molecule has 0 saturated carbocycles. The Morgan fingerprint density at radius 1 is 1.43 bits per heavy atom. The number of esters is 1. The van der Waals surface area contributed by atoms with Crippen LogP contribution in [-0.4, -0.2) is 82.2 Å². The van der Waals surface area contributed by atoms with Crippen molar-refractivity contribution in [2.24, 2.45) is 10.9 Å². The summed E-state index contributed by atoms with van der Waals surface area (Å²) in [5.74, 6) is -0.894. The largest absolute Gasteiger partial charge is 0.456 e. The van der Waals surface area contributed by atoms with Gasteiger partial charge in [-0.2, -0.15) is 5.06 Å². The summed E-state index contributed by atoms with van der Waals surface area (Å²) in [6.07, 6.45) is -0.678. The van der Waals surface area contributed by atoms with Crippen molar-refractivity contribution >= 4 is 41.1 Å². The summed E-state index contributed by atoms with van der Waals surface area (Å²) in [5, 5.41) is 36.6. The van der Waals surface area contributed by atoms with Gasteiger partial charge >= 0.3 is 5.97 Å². The summed E-state index contributed by atoms with van der Waals surface area (Å²) in [5.41, 5.74) is -1.04. The molecule has 3 heterocycles. The Balaban J connectivity index is 1.69. The average Bonchev–Trinajstić information content (AvgIpc) is 3.19. The molecule has 3 aliphatic rings. The molecular formula is C18H22Cl2N6O4. The van der Waals surface area contributed by atoms with Crippen molar-refractivity contribution in [2.75, 3.05) is 20.2 Å². The number of aliphatic hydroxyl groups excluding tert-OH is 1. The number of halogens is 2. The fourth-order valence-corrected chi connectivity index (χ4v) is 5.06. The van der Waals surface area contributed by atoms with Gasteiger partial charge in [-0.15, -0.1) is 0 Å². The summed E-state index contributed by atoms with van der Waals surface area (Å²) >= 11 is 12.2. The van der Waals surface area contributed by atoms with Gasteiger partial charge in [-0.25, -0.2) is 4.79 Å². The van der Waals surface area contributed by atoms with Gasteiger partial charge in [0.25, 0.3) is 0 Å². The van der Waals surface area contributed by atoms with Crippen LogP contribution < -0.4 is 10.6 Å². The molecule has 162 valence electrons. The first-order valence-electron chi connectivity index (χ1n) is 9.38. The third-order valence-electron chi connectivity index (χ3n) is 6.14. The lowest BCUT2D eigenvalue weighted by Crippen LogP contribution is -2.75. The van der Waals surface area contributed by atoms with Crippen LogP contribution in [0.15, 0.2) is 23.2 Å². The summed E-state index contributed by atoms with van der Waals surface area (Å²) < 4.78 is 5.76. The fraction of sp³-hybridized carbons (Fsp3) is 0.500. The molecule has 1 aromatic carbocycles. The van der Waals surface area contributed by atoms with Crippen LogP contribution in [0.4, 0.5) is 0 Å². The van der Waals surface area contributed by atoms with Crippen molar-refractivity contribution in [1.82, 2.24) is 20.6 Å². The third-order valence-corrected chi connectivity index (χ3v) is 6.96. The van der Waals surface area contributed by atoms with E-state index in [-0.39, 0.29) is 40.7 Å². The summed E-state index contributed by atoms with van der Waals surface area (Å²) in [6, 6.07) is 3.63. The molecule has 0 aliphatic carbocycles. The van der Waals surface area contributed by atoms with Gasteiger partial charge in [0.2, 0.25) is 5.96 Å². The van der Waals surface area contributed by atoms with Crippen LogP contribution >= 0.6 is 23.2 Å². The number of carbonyl (C=O) groups excluding carboxylic acids is 1. The molecule has 0 bridgehead atoms. The Kier molecular flexibility index (Phi) is 5.21. The zero-order chi connectivity index (χ0) is 21.8. The Morgan fingerprint density at radius 2 is 2.17 bits per heavy atom. The number of rotatable bonds is 3. The first-order chi connectivity index (χ1) is 14.3. The molecule has 30 heavy (non-hydrogen) atoms. The van der Waals surface area contributed by atoms with Crippen molar-refractivity contribution in [3.8, 4) is 0 Å². The first kappa shape index (κ1) is 21.0. The van der Waals surface area contributed by atoms with E-state index in [2.05, 4.69) is 15.6 Å². The lowest BCUT2D eigenvalue weighted by Gasteiger charge is -2.51. The first-order valence-corrected chi connectivity index (χ1v) is 10.1. The molecule has 10 nitrogen and oxygen atoms in total. The Hall–Kier alpha value is -2.27. The molecule has 4 rings (SSSR count). The van der Waals surface area contributed by atoms with Gasteiger partial charge in [-0.3, -0.25) is 15.6 Å². The monoisotopic (exact) mass is 456 g/mol. The zero-order valence-corrected chi connectivity index (χ0v) is 17.8. The SMILES string of the molecule is C/N=C1\NC2[C@H](CO)NC(=N)N3C[C@H](OC(=O)c4cccc(Cl)c4Cl)C(C)C23N1O. The molecular weight excluding hydrogens is 435 g/mol. The van der Waals surface area contributed by atoms with Crippen molar-refractivity contribution in [1.29, 1.82) is 5.41 Å². The van der Waals surface area contributed by atoms with Crippen LogP contribution in [0.2, 0.25) is 10.0 Å². The molecule has 3 saturated heterocycles. The number of guanidine groups is 2. The second-order valence-electron chi connectivity index (χ2n) is 7.49. The fourth-order valence-electron chi connectivity index (χ4n) is 4.69. The molecule has 5 N–H and O–H groups in total. The number of nitrogens with one attached hydrogen (secondary N) is 3. The smallest absolute Gasteiger partial charge is 0.340 e. The van der Waals surface area contributed by atoms with Gasteiger partial charge in [-0.05, 0) is 12.1 Å². The van der Waals surface area contributed by atoms with E-state index < -0.39 is 35.7 Å². The maximum atomic E-state index is 12.8. The maximum absolute atomic E-state index is 12.8. The number of nitrogens with zero attached hydrogens (tertiary/aromatic N) is 3. The second kappa shape index (κ2) is 7.45. The lowest BCUT2D eigenvalue weighted by molar-refractivity contribution is -0.170. The van der Waals surface area contributed by atoms with Gasteiger partial charge in [-0.1, -0.05) is 36.2 Å². The highest BCUT2D eigenvalue weighted by molar-refractivity contribution is 6.43. The van der Waals surface area contributed by atoms with E-state index in [1.54, 1.807) is 17.0 Å². The Morgan fingerprint density at radius 3 is 2.83 bits per heavy atom. The van der Waals surface area contributed by atoms with Crippen molar-refractivity contribution < 1.29 is 19.8 Å². The molecule has 3 aliphatic heterocycles. The molecule has 5 atom stereocenters. The number of aliphatic hydroxyl groups is 1. The van der Waals surface area contributed by atoms with E-state index >= 15 is 0 Å². The standard InChI is InChI=1S/C18H22Cl2N6O4/c1-8-12(30-15(28)9-4-3-5-10(19)13(9)20)6-25-16(21)23-11(7-27)14-18(8,25)26(29)17(22-2)24-14/h3-5,8,11-12,14,27,29H,6-7H2,1-2H3,(H2,21,23)(H,22,24)/t8?,11-,12-,14?,18?/m0/s1. The Labute approximate surface area is 182 Å². The molecule has 12 heteroatoms. The third kappa shape index (κ3) is 2.74. The van der Waals surface area contributed by atoms with Crippen LogP contribution in [0.5, 0.6) is 0 Å². The molecule has 0 radical (unpaired) electrons. The number of carbonyl (C=O) groups is 1. The van der Waals surface area contributed by atoms with Crippen LogP contribution in [0.3, 0.4) is 0 Å². The number of hydrogen-bond acceptors (Lipinski definition) is 6. The average molecular weight is 457 g/mol. The van der Waals surface area contributed by atoms with Crippen LogP contribution in [0, 0.1) is 11.3 Å². The molecule has 1 aromatic rings. The molecule has 1 spiro atoms. The van der Waals surface area contributed by atoms with Gasteiger partial charge in [0.05, 0.1) is 40.8 Å². The predicted octanol–water partition coefficient (Wildman–Crippen LogP) is 0.714. The van der Waals surface area contributed by atoms with E-state index in [4.69, 9.17) is 33.3 Å². The van der Waals surface area contributed by atoms with Crippen LogP contribution in [0.1, 0.15) is 17.3 Å². The number of hydrogen-bond donors (Lipinski definition) is 5. The summed E-state index contributed by atoms with van der Waals surface area (Å²) in [4.78, 5) is 18.5. The highest BCUT2D eigenvalue weighted by Gasteiger charge is 2.69. The van der Waals surface area contributed by atoms with E-state index in [1.165, 1.54) is 13.1 Å². The maximum Gasteiger partial charge on any atom is 0.340 e. The van der Waals surface area contributed by atoms with Gasteiger partial charge < -0.3 is 25.4 Å². The molecule has 0 amide bonds. The van der Waals surface area contributed by atoms with E-state index in [0.717, 1.165) is 5.06 Å². The summed E-state index contributed by atoms with van der Waals surface area (Å²) in [6.45, 7) is 1.71. The van der Waals surface area contributed by atoms with Crippen molar-refractivity contribution in [3.63, 3.8) is 0 Å². The Bertz CT molecular complexity index is 930. The second-order valence-corrected chi connectivity index (χ2v) is 8.28. The molecule has 0 aromatic heterocycles. The van der Waals surface area contributed by atoms with Crippen molar-refractivity contribution in [3.05, 3.63) is 33.8 Å². The number of ether oxygens (including phenoxy) is 1. The van der Waals surface area contributed by atoms with Gasteiger partial charge in [0.1, 0.15) is 6.10 Å². The van der Waals surface area contributed by atoms with Gasteiger partial charge in [0.15, 0.2) is 11.6 Å². The van der Waals surface area contributed by atoms with E-state index in [1.807, 2.05) is 6.92 Å². The normalized spacial score (nSPS) is 33.8. The van der Waals surface area contributed by atoms with Crippen LogP contribution in [0.25, 0.3) is 0 Å². The minimum atomic E-state index is -1.17. The van der Waals surface area contributed by atoms with Gasteiger partial charge in [0, 0.05) is 13.0 Å². The minimum absolute atomic E-state index is 0.00897. The summed E-state index contributed by atoms with van der Waals surface area (Å²) in [7, 11) is 1.52. The highest BCUT2D eigenvalue weighted by Crippen LogP contribution is 2.46. The van der Waals surface area contributed by atoms with Crippen molar-refractivity contribution in [2.45, 2.75) is 30.8 Å². The molecule has 3 fully saturated rings. The zero-order valence-electron chi connectivity index (χ0n) is 16.3. The quantitative estimate of drug-likeness (QED) is 0.420. The topological polar surface area (TPSA) is 134 Å². The van der Waals surface area contributed by atoms with Crippen LogP contribution in [-0.2, 0) is 4.74 Å². The van der Waals surface area contributed by atoms with E-state index in [0.29, 0.717) is 0 Å². The minimum Gasteiger partial charge on any atom is -0.456 e. The number of aliphatic imine (C=N–C) groups is 1. The lowest BCUT2D eigenvalue weighted by atomic mass is 9.82. The van der Waals surface area contributed by atoms with E-state index in [9.17, 15) is 15.1 Å². The number of hydroxylamine groups is 2.